The van der Waals surface area contributed by atoms with Crippen LogP contribution in [0.15, 0.2) is 174 Å². The molecule has 0 fully saturated rings. The number of para-hydroxylation sites is 1. The molecule has 50 heavy (non-hydrogen) atoms. The molecule has 0 saturated carbocycles. The molecule has 0 N–H and O–H groups in total. The molecule has 10 aromatic rings. The van der Waals surface area contributed by atoms with E-state index in [1.165, 1.54) is 0 Å². The molecule has 5 heteroatoms. The van der Waals surface area contributed by atoms with Crippen LogP contribution < -0.4 is 0 Å². The molecule has 0 aliphatic carbocycles. The molecule has 0 spiro atoms. The van der Waals surface area contributed by atoms with Crippen molar-refractivity contribution >= 4 is 43.7 Å². The third-order valence-corrected chi connectivity index (χ3v) is 8.83. The van der Waals surface area contributed by atoms with Crippen LogP contribution in [0.1, 0.15) is 13.7 Å². The molecule has 3 aromatic heterocycles. The van der Waals surface area contributed by atoms with Crippen molar-refractivity contribution in [3.63, 3.8) is 0 Å². The number of furan rings is 1. The van der Waals surface area contributed by atoms with Gasteiger partial charge in [-0.05, 0) is 65.7 Å². The van der Waals surface area contributed by atoms with Gasteiger partial charge in [-0.2, -0.15) is 0 Å². The van der Waals surface area contributed by atoms with Gasteiger partial charge in [0.05, 0.1) is 24.7 Å². The Bertz CT molecular complexity index is 3310. The third-order valence-electron chi connectivity index (χ3n) is 8.83. The predicted octanol–water partition coefficient (Wildman–Crippen LogP) is 11.5. The lowest BCUT2D eigenvalue weighted by Gasteiger charge is -2.10. The Morgan fingerprint density at radius 2 is 0.980 bits per heavy atom. The lowest BCUT2D eigenvalue weighted by Crippen LogP contribution is -2.00. The zero-order chi connectivity index (χ0) is 41.7. The lowest BCUT2D eigenvalue weighted by molar-refractivity contribution is 0.669. The van der Waals surface area contributed by atoms with Crippen molar-refractivity contribution in [1.82, 2.24) is 19.5 Å². The molecule has 0 unspecified atom stereocenters. The molecular formula is C45H28N4O. The summed E-state index contributed by atoms with van der Waals surface area (Å²) < 4.78 is 92.6. The van der Waals surface area contributed by atoms with Crippen molar-refractivity contribution < 1.29 is 18.1 Å². The minimum Gasteiger partial charge on any atom is -0.456 e. The molecule has 0 aliphatic rings. The summed E-state index contributed by atoms with van der Waals surface area (Å²) in [6, 6.07) is 30.0. The number of fused-ring (bicyclic) bond motifs is 6. The summed E-state index contributed by atoms with van der Waals surface area (Å²) in [5.41, 5.74) is 6.15. The van der Waals surface area contributed by atoms with Crippen LogP contribution >= 0.6 is 0 Å². The van der Waals surface area contributed by atoms with Gasteiger partial charge in [0.15, 0.2) is 17.5 Å². The van der Waals surface area contributed by atoms with Crippen LogP contribution in [-0.4, -0.2) is 19.5 Å². The van der Waals surface area contributed by atoms with Crippen molar-refractivity contribution in [3.05, 3.63) is 170 Å². The topological polar surface area (TPSA) is 56.7 Å². The standard InChI is InChI=1S/C45H28N4O/c1-4-12-29(13-5-1)32-21-24-41-37(26-32)38-28-34(22-25-42(38)50-41)49-39-19-11-10-18-35(39)36-27-33(20-23-40(36)49)45-47-43(30-14-6-2-7-15-30)46-44(48-45)31-16-8-3-9-17-31/h1-28H/i2D,3D,6D,7D,8D,9D,14D,15D,16D,17D. The monoisotopic (exact) mass is 650 g/mol. The fraction of sp³-hybridized carbons (Fsp3) is 0. The van der Waals surface area contributed by atoms with E-state index < -0.39 is 60.4 Å². The summed E-state index contributed by atoms with van der Waals surface area (Å²) in [5, 5.41) is 3.66. The number of hydrogen-bond acceptors (Lipinski definition) is 4. The molecule has 5 nitrogen and oxygen atoms in total. The van der Waals surface area contributed by atoms with Crippen LogP contribution in [0.25, 0.3) is 94.7 Å². The SMILES string of the molecule is [2H]c1c([2H])c([2H])c(-c2nc(-c3ccc4c(c3)c3ccccc3n4-c3ccc4oc5ccc(-c6ccccc6)cc5c4c3)nc(-c3c([2H])c([2H])c([2H])c([2H])c3[2H])n2)c([2H])c1[2H]. The van der Waals surface area contributed by atoms with Crippen molar-refractivity contribution in [2.75, 3.05) is 0 Å². The molecule has 0 atom stereocenters. The van der Waals surface area contributed by atoms with E-state index in [1.807, 2.05) is 72.8 Å². The van der Waals surface area contributed by atoms with Gasteiger partial charge in [-0.15, -0.1) is 0 Å². The van der Waals surface area contributed by atoms with Gasteiger partial charge in [-0.1, -0.05) is 115 Å². The summed E-state index contributed by atoms with van der Waals surface area (Å²) >= 11 is 0. The Hall–Kier alpha value is -6.85. The van der Waals surface area contributed by atoms with Crippen LogP contribution in [0.2, 0.25) is 0 Å². The number of hydrogen-bond donors (Lipinski definition) is 0. The highest BCUT2D eigenvalue weighted by Gasteiger charge is 2.18. The van der Waals surface area contributed by atoms with Gasteiger partial charge in [-0.25, -0.2) is 15.0 Å². The predicted molar refractivity (Wildman–Crippen MR) is 203 cm³/mol. The molecule has 234 valence electrons. The molecular weight excluding hydrogens is 613 g/mol. The number of aromatic nitrogens is 4. The molecule has 0 saturated heterocycles. The number of rotatable bonds is 5. The van der Waals surface area contributed by atoms with Crippen molar-refractivity contribution in [1.29, 1.82) is 0 Å². The third kappa shape index (κ3) is 4.67. The Balaban J connectivity index is 1.19. The molecule has 0 amide bonds. The smallest absolute Gasteiger partial charge is 0.164 e. The zero-order valence-electron chi connectivity index (χ0n) is 36.1. The van der Waals surface area contributed by atoms with E-state index in [4.69, 9.17) is 18.1 Å². The van der Waals surface area contributed by atoms with Crippen molar-refractivity contribution in [2.45, 2.75) is 0 Å². The quantitative estimate of drug-likeness (QED) is 0.186. The zero-order valence-corrected chi connectivity index (χ0v) is 26.1. The number of nitrogens with zero attached hydrogens (tertiary/aromatic N) is 4. The minimum absolute atomic E-state index is 0.00661. The largest absolute Gasteiger partial charge is 0.456 e. The van der Waals surface area contributed by atoms with Crippen LogP contribution in [0.3, 0.4) is 0 Å². The summed E-state index contributed by atoms with van der Waals surface area (Å²) in [5.74, 6) is -0.650. The van der Waals surface area contributed by atoms with E-state index >= 15 is 0 Å². The second-order valence-corrected chi connectivity index (χ2v) is 11.8. The second-order valence-electron chi connectivity index (χ2n) is 11.8. The Morgan fingerprint density at radius 1 is 0.420 bits per heavy atom. The first-order valence-electron chi connectivity index (χ1n) is 20.9. The van der Waals surface area contributed by atoms with Crippen LogP contribution in [-0.2, 0) is 0 Å². The van der Waals surface area contributed by atoms with Gasteiger partial charge in [0.2, 0.25) is 0 Å². The van der Waals surface area contributed by atoms with Gasteiger partial charge in [0.1, 0.15) is 11.2 Å². The fourth-order valence-electron chi connectivity index (χ4n) is 6.56. The fourth-order valence-corrected chi connectivity index (χ4v) is 6.56. The minimum atomic E-state index is -0.607. The molecule has 0 aliphatic heterocycles. The molecule has 7 aromatic carbocycles. The Morgan fingerprint density at radius 3 is 1.70 bits per heavy atom. The maximum absolute atomic E-state index is 8.68. The summed E-state index contributed by atoms with van der Waals surface area (Å²) in [7, 11) is 0. The Kier molecular flexibility index (Phi) is 4.52. The molecule has 0 radical (unpaired) electrons. The maximum Gasteiger partial charge on any atom is 0.164 e. The van der Waals surface area contributed by atoms with E-state index in [0.29, 0.717) is 5.56 Å². The van der Waals surface area contributed by atoms with Crippen LogP contribution in [0.5, 0.6) is 0 Å². The maximum atomic E-state index is 8.68. The molecule has 3 heterocycles. The van der Waals surface area contributed by atoms with Gasteiger partial charge >= 0.3 is 0 Å². The van der Waals surface area contributed by atoms with E-state index in [9.17, 15) is 0 Å². The highest BCUT2D eigenvalue weighted by atomic mass is 16.3. The normalized spacial score (nSPS) is 14.4. The molecule has 0 bridgehead atoms. The van der Waals surface area contributed by atoms with Crippen LogP contribution in [0.4, 0.5) is 0 Å². The van der Waals surface area contributed by atoms with Gasteiger partial charge in [0, 0.05) is 43.9 Å². The first-order chi connectivity index (χ1) is 28.9. The van der Waals surface area contributed by atoms with E-state index in [1.54, 1.807) is 6.07 Å². The average molecular weight is 651 g/mol. The van der Waals surface area contributed by atoms with Gasteiger partial charge < -0.3 is 8.98 Å². The highest BCUT2D eigenvalue weighted by Crippen LogP contribution is 2.38. The first kappa shape index (κ1) is 19.8. The Labute approximate surface area is 301 Å². The first-order valence-corrected chi connectivity index (χ1v) is 15.9. The molecule has 10 rings (SSSR count). The van der Waals surface area contributed by atoms with Crippen LogP contribution in [0, 0.1) is 0 Å². The van der Waals surface area contributed by atoms with E-state index in [-0.39, 0.29) is 28.6 Å². The number of benzene rings is 7. The summed E-state index contributed by atoms with van der Waals surface area (Å²) in [6.45, 7) is 0. The lowest BCUT2D eigenvalue weighted by atomic mass is 10.0. The summed E-state index contributed by atoms with van der Waals surface area (Å²) in [6.07, 6.45) is 0. The highest BCUT2D eigenvalue weighted by molar-refractivity contribution is 6.11. The van der Waals surface area contributed by atoms with Gasteiger partial charge in [-0.3, -0.25) is 0 Å². The van der Waals surface area contributed by atoms with Crippen molar-refractivity contribution in [2.24, 2.45) is 0 Å². The van der Waals surface area contributed by atoms with E-state index in [2.05, 4.69) is 49.9 Å². The summed E-state index contributed by atoms with van der Waals surface area (Å²) in [4.78, 5) is 13.7. The second kappa shape index (κ2) is 11.4. The van der Waals surface area contributed by atoms with E-state index in [0.717, 1.165) is 60.6 Å². The van der Waals surface area contributed by atoms with Gasteiger partial charge in [0.25, 0.3) is 0 Å². The van der Waals surface area contributed by atoms with Crippen molar-refractivity contribution in [3.8, 4) is 51.0 Å². The average Bonchev–Trinajstić information content (AvgIpc) is 3.81.